The summed E-state index contributed by atoms with van der Waals surface area (Å²) in [7, 11) is -4.36. The summed E-state index contributed by atoms with van der Waals surface area (Å²) < 4.78 is 27.6. The molecule has 0 fully saturated rings. The van der Waals surface area contributed by atoms with Crippen LogP contribution >= 0.6 is 0 Å². The molecule has 8 heteroatoms. The standard InChI is InChI=1S/CH4O4S.Na.2H2O/c2-1-6(3,4)5;;;/h2H,1H2,(H,3,4,5);;2*1H2/q;+1;;/p-1. The zero-order valence-electron chi connectivity index (χ0n) is 4.79. The van der Waals surface area contributed by atoms with E-state index in [1.807, 2.05) is 0 Å². The van der Waals surface area contributed by atoms with Gasteiger partial charge in [0, 0.05) is 0 Å². The van der Waals surface area contributed by atoms with Crippen LogP contribution in [-0.4, -0.2) is 35.0 Å². The van der Waals surface area contributed by atoms with Crippen LogP contribution < -0.4 is 29.6 Å². The molecule has 9 heavy (non-hydrogen) atoms. The molecule has 0 bridgehead atoms. The molecule has 0 saturated heterocycles. The van der Waals surface area contributed by atoms with Gasteiger partial charge in [0.05, 0.1) is 0 Å². The summed E-state index contributed by atoms with van der Waals surface area (Å²) in [5.74, 6) is -1.31. The predicted molar refractivity (Wildman–Crippen MR) is 24.0 cm³/mol. The number of rotatable bonds is 1. The molecule has 54 valence electrons. The molecule has 0 heterocycles. The molecule has 0 rings (SSSR count). The molecule has 0 aliphatic heterocycles. The predicted octanol–water partition coefficient (Wildman–Crippen LogP) is -6.16. The monoisotopic (exact) mass is 170 g/mol. The van der Waals surface area contributed by atoms with Crippen LogP contribution in [0.25, 0.3) is 0 Å². The summed E-state index contributed by atoms with van der Waals surface area (Å²) >= 11 is 0. The quantitative estimate of drug-likeness (QED) is 0.308. The van der Waals surface area contributed by atoms with E-state index in [-0.39, 0.29) is 40.5 Å². The van der Waals surface area contributed by atoms with Gasteiger partial charge in [-0.3, -0.25) is 0 Å². The fourth-order valence-corrected chi connectivity index (χ4v) is 0. The van der Waals surface area contributed by atoms with Crippen LogP contribution in [0.5, 0.6) is 0 Å². The Labute approximate surface area is 74.5 Å². The first-order valence-electron chi connectivity index (χ1n) is 1.10. The Hall–Kier alpha value is 0.790. The van der Waals surface area contributed by atoms with Crippen molar-refractivity contribution in [2.45, 2.75) is 0 Å². The van der Waals surface area contributed by atoms with Crippen LogP contribution in [0.4, 0.5) is 0 Å². The van der Waals surface area contributed by atoms with Gasteiger partial charge in [0.2, 0.25) is 0 Å². The minimum absolute atomic E-state index is 0. The van der Waals surface area contributed by atoms with Gasteiger partial charge < -0.3 is 20.6 Å². The van der Waals surface area contributed by atoms with E-state index in [0.29, 0.717) is 0 Å². The molecule has 0 aliphatic rings. The first-order valence-corrected chi connectivity index (χ1v) is 2.68. The SMILES string of the molecule is O.O.O=S(=O)([O-])CO.[Na+]. The Balaban J connectivity index is -0.0000000417. The first kappa shape index (κ1) is 22.6. The van der Waals surface area contributed by atoms with E-state index in [1.54, 1.807) is 0 Å². The second kappa shape index (κ2) is 8.79. The molecule has 0 unspecified atom stereocenters. The second-order valence-electron chi connectivity index (χ2n) is 0.687. The van der Waals surface area contributed by atoms with Gasteiger partial charge in [0.15, 0.2) is 0 Å². The third-order valence-electron chi connectivity index (χ3n) is 0.158. The van der Waals surface area contributed by atoms with Gasteiger partial charge >= 0.3 is 29.6 Å². The third kappa shape index (κ3) is 28.2. The maximum absolute atomic E-state index is 9.19. The maximum atomic E-state index is 9.19. The van der Waals surface area contributed by atoms with Gasteiger partial charge in [-0.1, -0.05) is 0 Å². The summed E-state index contributed by atoms with van der Waals surface area (Å²) in [6.45, 7) is 0. The summed E-state index contributed by atoms with van der Waals surface area (Å²) in [5.41, 5.74) is 0. The van der Waals surface area contributed by atoms with Crippen LogP contribution in [0.3, 0.4) is 0 Å². The first-order chi connectivity index (χ1) is 2.56. The average molecular weight is 170 g/mol. The number of aliphatic hydroxyl groups is 1. The molecule has 0 atom stereocenters. The second-order valence-corrected chi connectivity index (χ2v) is 2.06. The smallest absolute Gasteiger partial charge is 0.746 e. The minimum atomic E-state index is -4.36. The van der Waals surface area contributed by atoms with Crippen LogP contribution in [0.1, 0.15) is 0 Å². The Morgan fingerprint density at radius 3 is 1.44 bits per heavy atom. The number of hydrogen-bond acceptors (Lipinski definition) is 4. The third-order valence-corrected chi connectivity index (χ3v) is 0.474. The summed E-state index contributed by atoms with van der Waals surface area (Å²) in [5, 5.41) is 7.50. The van der Waals surface area contributed by atoms with Crippen LogP contribution in [0, 0.1) is 0 Å². The van der Waals surface area contributed by atoms with E-state index >= 15 is 0 Å². The van der Waals surface area contributed by atoms with E-state index in [0.717, 1.165) is 0 Å². The van der Waals surface area contributed by atoms with Gasteiger partial charge in [-0.15, -0.1) is 0 Å². The van der Waals surface area contributed by atoms with Crippen LogP contribution in [-0.2, 0) is 10.1 Å². The Morgan fingerprint density at radius 1 is 1.33 bits per heavy atom. The van der Waals surface area contributed by atoms with Crippen molar-refractivity contribution in [3.8, 4) is 0 Å². The van der Waals surface area contributed by atoms with E-state index < -0.39 is 16.1 Å². The van der Waals surface area contributed by atoms with Gasteiger partial charge in [-0.25, -0.2) is 8.42 Å². The molecular weight excluding hydrogens is 163 g/mol. The van der Waals surface area contributed by atoms with Crippen molar-refractivity contribution >= 4 is 10.1 Å². The van der Waals surface area contributed by atoms with Crippen LogP contribution in [0.15, 0.2) is 0 Å². The zero-order valence-corrected chi connectivity index (χ0v) is 7.60. The normalized spacial score (nSPS) is 7.78. The van der Waals surface area contributed by atoms with E-state index in [1.165, 1.54) is 0 Å². The zero-order chi connectivity index (χ0) is 5.21. The van der Waals surface area contributed by atoms with E-state index in [2.05, 4.69) is 0 Å². The molecule has 0 saturated carbocycles. The molecule has 0 spiro atoms. The Bertz CT molecular complexity index is 115. The van der Waals surface area contributed by atoms with Crippen molar-refractivity contribution in [1.29, 1.82) is 0 Å². The van der Waals surface area contributed by atoms with Crippen molar-refractivity contribution in [3.05, 3.63) is 0 Å². The molecular formula is CH7NaO6S. The topological polar surface area (TPSA) is 140 Å². The molecule has 0 radical (unpaired) electrons. The molecule has 6 nitrogen and oxygen atoms in total. The fraction of sp³-hybridized carbons (Fsp3) is 1.00. The van der Waals surface area contributed by atoms with Crippen LogP contribution in [0.2, 0.25) is 0 Å². The van der Waals surface area contributed by atoms with Crippen molar-refractivity contribution < 1.29 is 58.6 Å². The minimum Gasteiger partial charge on any atom is -0.746 e. The molecule has 0 aromatic rings. The van der Waals surface area contributed by atoms with Crippen molar-refractivity contribution in [2.75, 3.05) is 5.94 Å². The van der Waals surface area contributed by atoms with Gasteiger partial charge in [0.1, 0.15) is 16.1 Å². The number of hydrogen-bond donors (Lipinski definition) is 1. The molecule has 0 aliphatic carbocycles. The summed E-state index contributed by atoms with van der Waals surface area (Å²) in [6.07, 6.45) is 0. The Kier molecular flexibility index (Phi) is 22.0. The van der Waals surface area contributed by atoms with Gasteiger partial charge in [0.25, 0.3) is 0 Å². The molecule has 0 aromatic carbocycles. The maximum Gasteiger partial charge on any atom is 1.00 e. The largest absolute Gasteiger partial charge is 1.00 e. The van der Waals surface area contributed by atoms with Crippen molar-refractivity contribution in [2.24, 2.45) is 0 Å². The fourth-order valence-electron chi connectivity index (χ4n) is 0. The molecule has 0 aromatic heterocycles. The molecule has 0 amide bonds. The van der Waals surface area contributed by atoms with Gasteiger partial charge in [-0.05, 0) is 0 Å². The average Bonchev–Trinajstić information content (AvgIpc) is 1.35. The van der Waals surface area contributed by atoms with E-state index in [4.69, 9.17) is 5.11 Å². The van der Waals surface area contributed by atoms with Crippen molar-refractivity contribution in [1.82, 2.24) is 0 Å². The summed E-state index contributed by atoms with van der Waals surface area (Å²) in [6, 6.07) is 0. The van der Waals surface area contributed by atoms with Crippen molar-refractivity contribution in [3.63, 3.8) is 0 Å². The number of aliphatic hydroxyl groups excluding tert-OH is 1. The van der Waals surface area contributed by atoms with E-state index in [9.17, 15) is 13.0 Å². The molecule has 5 N–H and O–H groups in total. The Morgan fingerprint density at radius 2 is 1.44 bits per heavy atom. The van der Waals surface area contributed by atoms with Gasteiger partial charge in [-0.2, -0.15) is 0 Å². The summed E-state index contributed by atoms with van der Waals surface area (Å²) in [4.78, 5) is 0.